The average Bonchev–Trinajstić information content (AvgIpc) is 2.29. The summed E-state index contributed by atoms with van der Waals surface area (Å²) < 4.78 is 6.71. The van der Waals surface area contributed by atoms with Gasteiger partial charge >= 0.3 is 0 Å². The highest BCUT2D eigenvalue weighted by Gasteiger charge is 2.10. The van der Waals surface area contributed by atoms with Crippen LogP contribution >= 0.6 is 27.5 Å². The van der Waals surface area contributed by atoms with Gasteiger partial charge in [-0.15, -0.1) is 11.6 Å². The quantitative estimate of drug-likeness (QED) is 0.516. The van der Waals surface area contributed by atoms with Crippen LogP contribution in [0.5, 0.6) is 0 Å². The number of hydrogen-bond donors (Lipinski definition) is 0. The SMILES string of the molecule is CC(C)COCCC(CCl)c1cccc(Br)c1. The zero-order valence-electron chi connectivity index (χ0n) is 10.5. The Morgan fingerprint density at radius 2 is 2.12 bits per heavy atom. The van der Waals surface area contributed by atoms with Crippen LogP contribution in [-0.4, -0.2) is 19.1 Å². The Morgan fingerprint density at radius 1 is 1.35 bits per heavy atom. The molecule has 0 radical (unpaired) electrons. The van der Waals surface area contributed by atoms with E-state index in [0.29, 0.717) is 17.7 Å². The summed E-state index contributed by atoms with van der Waals surface area (Å²) in [5, 5.41) is 0. The van der Waals surface area contributed by atoms with Gasteiger partial charge in [-0.05, 0) is 36.0 Å². The largest absolute Gasteiger partial charge is 0.381 e. The summed E-state index contributed by atoms with van der Waals surface area (Å²) in [5.74, 6) is 1.61. The van der Waals surface area contributed by atoms with Gasteiger partial charge in [0, 0.05) is 23.6 Å². The van der Waals surface area contributed by atoms with Crippen LogP contribution in [0.3, 0.4) is 0 Å². The minimum Gasteiger partial charge on any atom is -0.381 e. The second-order valence-corrected chi connectivity index (χ2v) is 5.89. The number of ether oxygens (including phenoxy) is 1. The molecule has 1 atom stereocenters. The van der Waals surface area contributed by atoms with Gasteiger partial charge in [0.15, 0.2) is 0 Å². The fourth-order valence-electron chi connectivity index (χ4n) is 1.64. The van der Waals surface area contributed by atoms with Crippen molar-refractivity contribution in [3.05, 3.63) is 34.3 Å². The molecule has 3 heteroatoms. The van der Waals surface area contributed by atoms with E-state index in [2.05, 4.69) is 41.9 Å². The Morgan fingerprint density at radius 3 is 2.71 bits per heavy atom. The number of benzene rings is 1. The molecule has 1 rings (SSSR count). The van der Waals surface area contributed by atoms with E-state index in [-0.39, 0.29) is 0 Å². The van der Waals surface area contributed by atoms with E-state index in [1.54, 1.807) is 0 Å². The molecule has 96 valence electrons. The zero-order chi connectivity index (χ0) is 12.7. The van der Waals surface area contributed by atoms with E-state index in [0.717, 1.165) is 24.1 Å². The zero-order valence-corrected chi connectivity index (χ0v) is 12.8. The first-order valence-electron chi connectivity index (χ1n) is 6.02. The van der Waals surface area contributed by atoms with Gasteiger partial charge in [0.1, 0.15) is 0 Å². The maximum absolute atomic E-state index is 6.03. The second kappa shape index (κ2) is 8.12. The Labute approximate surface area is 118 Å². The van der Waals surface area contributed by atoms with E-state index >= 15 is 0 Å². The third-order valence-corrected chi connectivity index (χ3v) is 3.43. The third-order valence-electron chi connectivity index (χ3n) is 2.57. The van der Waals surface area contributed by atoms with Crippen molar-refractivity contribution in [2.75, 3.05) is 19.1 Å². The molecule has 1 aromatic rings. The fourth-order valence-corrected chi connectivity index (χ4v) is 2.39. The fraction of sp³-hybridized carbons (Fsp3) is 0.571. The van der Waals surface area contributed by atoms with Crippen molar-refractivity contribution in [1.82, 2.24) is 0 Å². The van der Waals surface area contributed by atoms with Gasteiger partial charge in [-0.2, -0.15) is 0 Å². The van der Waals surface area contributed by atoms with Crippen molar-refractivity contribution in [2.24, 2.45) is 5.92 Å². The standard InChI is InChI=1S/C14H20BrClO/c1-11(2)10-17-7-6-13(9-16)12-4-3-5-14(15)8-12/h3-5,8,11,13H,6-7,9-10H2,1-2H3. The van der Waals surface area contributed by atoms with Gasteiger partial charge in [0.2, 0.25) is 0 Å². The molecule has 0 N–H and O–H groups in total. The molecule has 0 aliphatic heterocycles. The van der Waals surface area contributed by atoms with Gasteiger partial charge in [-0.1, -0.05) is 41.9 Å². The van der Waals surface area contributed by atoms with Gasteiger partial charge in [-0.25, -0.2) is 0 Å². The van der Waals surface area contributed by atoms with E-state index in [4.69, 9.17) is 16.3 Å². The van der Waals surface area contributed by atoms with Crippen LogP contribution in [0.1, 0.15) is 31.7 Å². The Hall–Kier alpha value is -0.0500. The van der Waals surface area contributed by atoms with E-state index in [1.165, 1.54) is 5.56 Å². The highest BCUT2D eigenvalue weighted by Crippen LogP contribution is 2.24. The highest BCUT2D eigenvalue weighted by molar-refractivity contribution is 9.10. The molecular formula is C14H20BrClO. The minimum atomic E-state index is 0.376. The third kappa shape index (κ3) is 5.89. The van der Waals surface area contributed by atoms with Crippen LogP contribution in [0.25, 0.3) is 0 Å². The number of halogens is 2. The summed E-state index contributed by atoms with van der Waals surface area (Å²) >= 11 is 9.51. The Balaban J connectivity index is 2.43. The van der Waals surface area contributed by atoms with E-state index < -0.39 is 0 Å². The monoisotopic (exact) mass is 318 g/mol. The summed E-state index contributed by atoms with van der Waals surface area (Å²) in [6.45, 7) is 5.93. The van der Waals surface area contributed by atoms with Crippen molar-refractivity contribution in [3.8, 4) is 0 Å². The van der Waals surface area contributed by atoms with Crippen LogP contribution in [0.4, 0.5) is 0 Å². The van der Waals surface area contributed by atoms with Gasteiger partial charge in [0.05, 0.1) is 0 Å². The number of hydrogen-bond acceptors (Lipinski definition) is 1. The molecule has 0 fully saturated rings. The number of alkyl halides is 1. The molecule has 0 saturated carbocycles. The van der Waals surface area contributed by atoms with Crippen LogP contribution in [0.2, 0.25) is 0 Å². The van der Waals surface area contributed by atoms with Crippen molar-refractivity contribution in [2.45, 2.75) is 26.2 Å². The molecule has 0 amide bonds. The van der Waals surface area contributed by atoms with Crippen molar-refractivity contribution in [1.29, 1.82) is 0 Å². The van der Waals surface area contributed by atoms with E-state index in [1.807, 2.05) is 12.1 Å². The molecule has 1 nitrogen and oxygen atoms in total. The molecule has 0 aromatic heterocycles. The maximum Gasteiger partial charge on any atom is 0.0488 e. The van der Waals surface area contributed by atoms with Gasteiger partial charge in [-0.3, -0.25) is 0 Å². The van der Waals surface area contributed by atoms with Crippen LogP contribution in [0.15, 0.2) is 28.7 Å². The summed E-state index contributed by atoms with van der Waals surface area (Å²) in [6.07, 6.45) is 0.979. The molecule has 0 aliphatic rings. The highest BCUT2D eigenvalue weighted by atomic mass is 79.9. The second-order valence-electron chi connectivity index (χ2n) is 4.66. The van der Waals surface area contributed by atoms with E-state index in [9.17, 15) is 0 Å². The lowest BCUT2D eigenvalue weighted by Gasteiger charge is -2.15. The molecule has 0 aliphatic carbocycles. The summed E-state index contributed by atoms with van der Waals surface area (Å²) in [6, 6.07) is 8.34. The molecular weight excluding hydrogens is 300 g/mol. The first-order valence-corrected chi connectivity index (χ1v) is 7.35. The first-order chi connectivity index (χ1) is 8.13. The average molecular weight is 320 g/mol. The Bertz CT molecular complexity index is 328. The van der Waals surface area contributed by atoms with Crippen LogP contribution in [0, 0.1) is 5.92 Å². The van der Waals surface area contributed by atoms with Crippen molar-refractivity contribution < 1.29 is 4.74 Å². The lowest BCUT2D eigenvalue weighted by Crippen LogP contribution is -2.08. The lowest BCUT2D eigenvalue weighted by atomic mass is 9.98. The van der Waals surface area contributed by atoms with Crippen LogP contribution < -0.4 is 0 Å². The molecule has 0 heterocycles. The van der Waals surface area contributed by atoms with Crippen molar-refractivity contribution in [3.63, 3.8) is 0 Å². The summed E-state index contributed by atoms with van der Waals surface area (Å²) in [4.78, 5) is 0. The predicted molar refractivity (Wildman–Crippen MR) is 77.9 cm³/mol. The first kappa shape index (κ1) is 15.0. The van der Waals surface area contributed by atoms with Crippen molar-refractivity contribution >= 4 is 27.5 Å². The molecule has 1 unspecified atom stereocenters. The molecule has 0 bridgehead atoms. The topological polar surface area (TPSA) is 9.23 Å². The minimum absolute atomic E-state index is 0.376. The van der Waals surface area contributed by atoms with Crippen LogP contribution in [-0.2, 0) is 4.74 Å². The summed E-state index contributed by atoms with van der Waals surface area (Å²) in [7, 11) is 0. The normalized spacial score (nSPS) is 13.0. The molecule has 17 heavy (non-hydrogen) atoms. The van der Waals surface area contributed by atoms with Gasteiger partial charge < -0.3 is 4.74 Å². The Kier molecular flexibility index (Phi) is 7.17. The lowest BCUT2D eigenvalue weighted by molar-refractivity contribution is 0.105. The summed E-state index contributed by atoms with van der Waals surface area (Å²) in [5.41, 5.74) is 1.28. The molecule has 0 saturated heterocycles. The molecule has 1 aromatic carbocycles. The smallest absolute Gasteiger partial charge is 0.0488 e. The molecule has 0 spiro atoms. The predicted octanol–water partition coefficient (Wildman–Crippen LogP) is 4.83. The maximum atomic E-state index is 6.03. The van der Waals surface area contributed by atoms with Gasteiger partial charge in [0.25, 0.3) is 0 Å². The number of rotatable bonds is 7.